The van der Waals surface area contributed by atoms with Crippen molar-refractivity contribution in [1.29, 1.82) is 0 Å². The lowest BCUT2D eigenvalue weighted by molar-refractivity contribution is 1.16. The van der Waals surface area contributed by atoms with Gasteiger partial charge in [0, 0.05) is 18.8 Å². The number of hydrogen-bond acceptors (Lipinski definition) is 1. The van der Waals surface area contributed by atoms with Gasteiger partial charge in [0.25, 0.3) is 0 Å². The molecule has 1 aromatic carbocycles. The molecular formula is C14H13N. The summed E-state index contributed by atoms with van der Waals surface area (Å²) in [5, 5.41) is 0. The molecule has 0 radical (unpaired) electrons. The molecule has 1 aliphatic rings. The van der Waals surface area contributed by atoms with Crippen LogP contribution < -0.4 is 0 Å². The molecule has 0 unspecified atom stereocenters. The number of nitrogens with zero attached hydrogens (tertiary/aromatic N) is 1. The van der Waals surface area contributed by atoms with E-state index in [0.29, 0.717) is 0 Å². The van der Waals surface area contributed by atoms with Gasteiger partial charge in [-0.05, 0) is 53.3 Å². The maximum absolute atomic E-state index is 4.19. The predicted octanol–water partition coefficient (Wildman–Crippen LogP) is 3.27. The van der Waals surface area contributed by atoms with Gasteiger partial charge in [0.2, 0.25) is 0 Å². The summed E-state index contributed by atoms with van der Waals surface area (Å²) in [5.41, 5.74) is 8.43. The lowest BCUT2D eigenvalue weighted by Gasteiger charge is -2.06. The highest BCUT2D eigenvalue weighted by atomic mass is 14.6. The van der Waals surface area contributed by atoms with E-state index in [4.69, 9.17) is 0 Å². The average Bonchev–Trinajstić information content (AvgIpc) is 2.63. The second kappa shape index (κ2) is 2.93. The van der Waals surface area contributed by atoms with Crippen LogP contribution in [0.2, 0.25) is 0 Å². The van der Waals surface area contributed by atoms with Crippen molar-refractivity contribution < 1.29 is 0 Å². The molecule has 1 aliphatic carbocycles. The van der Waals surface area contributed by atoms with Crippen LogP contribution >= 0.6 is 0 Å². The fourth-order valence-corrected chi connectivity index (χ4v) is 2.38. The molecule has 74 valence electrons. The van der Waals surface area contributed by atoms with E-state index in [-0.39, 0.29) is 0 Å². The van der Waals surface area contributed by atoms with Gasteiger partial charge in [-0.15, -0.1) is 0 Å². The Balaban J connectivity index is 2.31. The zero-order chi connectivity index (χ0) is 10.4. The SMILES string of the molecule is Cc1ccc2c(c1C)Cc1cnccc1-2. The number of benzene rings is 1. The molecule has 0 saturated carbocycles. The van der Waals surface area contributed by atoms with Crippen LogP contribution in [0.25, 0.3) is 11.1 Å². The van der Waals surface area contributed by atoms with Crippen molar-refractivity contribution in [3.05, 3.63) is 52.8 Å². The zero-order valence-electron chi connectivity index (χ0n) is 9.04. The minimum atomic E-state index is 1.05. The standard InChI is InChI=1S/C14H13N/c1-9-3-4-13-12-5-6-15-8-11(12)7-14(13)10(9)2/h3-6,8H,7H2,1-2H3. The number of fused-ring (bicyclic) bond motifs is 3. The van der Waals surface area contributed by atoms with E-state index in [1.165, 1.54) is 33.4 Å². The van der Waals surface area contributed by atoms with Gasteiger partial charge in [0.15, 0.2) is 0 Å². The van der Waals surface area contributed by atoms with Gasteiger partial charge < -0.3 is 0 Å². The second-order valence-corrected chi connectivity index (χ2v) is 4.24. The van der Waals surface area contributed by atoms with E-state index in [1.54, 1.807) is 0 Å². The summed E-state index contributed by atoms with van der Waals surface area (Å²) < 4.78 is 0. The molecule has 0 N–H and O–H groups in total. The lowest BCUT2D eigenvalue weighted by atomic mass is 9.98. The van der Waals surface area contributed by atoms with E-state index in [2.05, 4.69) is 37.0 Å². The lowest BCUT2D eigenvalue weighted by Crippen LogP contribution is -1.89. The first-order valence-corrected chi connectivity index (χ1v) is 5.29. The average molecular weight is 195 g/mol. The topological polar surface area (TPSA) is 12.9 Å². The van der Waals surface area contributed by atoms with Crippen molar-refractivity contribution in [3.63, 3.8) is 0 Å². The van der Waals surface area contributed by atoms with E-state index < -0.39 is 0 Å². The molecule has 0 atom stereocenters. The van der Waals surface area contributed by atoms with Crippen molar-refractivity contribution in [2.75, 3.05) is 0 Å². The van der Waals surface area contributed by atoms with Crippen molar-refractivity contribution in [3.8, 4) is 11.1 Å². The van der Waals surface area contributed by atoms with Crippen LogP contribution in [0, 0.1) is 13.8 Å². The smallest absolute Gasteiger partial charge is 0.0309 e. The van der Waals surface area contributed by atoms with Crippen LogP contribution in [0.3, 0.4) is 0 Å². The third-order valence-electron chi connectivity index (χ3n) is 3.43. The van der Waals surface area contributed by atoms with E-state index >= 15 is 0 Å². The van der Waals surface area contributed by atoms with Gasteiger partial charge in [-0.2, -0.15) is 0 Å². The fraction of sp³-hybridized carbons (Fsp3) is 0.214. The van der Waals surface area contributed by atoms with E-state index in [0.717, 1.165) is 6.42 Å². The van der Waals surface area contributed by atoms with Crippen LogP contribution in [0.5, 0.6) is 0 Å². The van der Waals surface area contributed by atoms with Gasteiger partial charge in [-0.25, -0.2) is 0 Å². The Labute approximate surface area is 89.8 Å². The Morgan fingerprint density at radius 2 is 1.93 bits per heavy atom. The van der Waals surface area contributed by atoms with Crippen LogP contribution in [0.15, 0.2) is 30.6 Å². The summed E-state index contributed by atoms with van der Waals surface area (Å²) in [5.74, 6) is 0. The Kier molecular flexibility index (Phi) is 1.69. The monoisotopic (exact) mass is 195 g/mol. The first-order valence-electron chi connectivity index (χ1n) is 5.29. The summed E-state index contributed by atoms with van der Waals surface area (Å²) in [6, 6.07) is 6.57. The number of pyridine rings is 1. The van der Waals surface area contributed by atoms with Gasteiger partial charge in [0.1, 0.15) is 0 Å². The fourth-order valence-electron chi connectivity index (χ4n) is 2.38. The highest BCUT2D eigenvalue weighted by molar-refractivity contribution is 5.77. The molecule has 0 bridgehead atoms. The minimum Gasteiger partial charge on any atom is -0.264 e. The second-order valence-electron chi connectivity index (χ2n) is 4.24. The van der Waals surface area contributed by atoms with E-state index in [1.807, 2.05) is 12.4 Å². The first-order chi connectivity index (χ1) is 7.27. The highest BCUT2D eigenvalue weighted by Crippen LogP contribution is 2.38. The molecule has 0 aliphatic heterocycles. The maximum Gasteiger partial charge on any atom is 0.0309 e. The van der Waals surface area contributed by atoms with Gasteiger partial charge in [-0.1, -0.05) is 12.1 Å². The predicted molar refractivity (Wildman–Crippen MR) is 62.0 cm³/mol. The number of hydrogen-bond donors (Lipinski definition) is 0. The molecule has 15 heavy (non-hydrogen) atoms. The quantitative estimate of drug-likeness (QED) is 0.536. The van der Waals surface area contributed by atoms with E-state index in [9.17, 15) is 0 Å². The molecule has 0 spiro atoms. The van der Waals surface area contributed by atoms with Crippen LogP contribution in [0.1, 0.15) is 22.3 Å². The van der Waals surface area contributed by atoms with Gasteiger partial charge in [0.05, 0.1) is 0 Å². The summed E-state index contributed by atoms with van der Waals surface area (Å²) in [7, 11) is 0. The summed E-state index contributed by atoms with van der Waals surface area (Å²) in [6.07, 6.45) is 4.92. The molecule has 1 heteroatoms. The number of aryl methyl sites for hydroxylation is 1. The third kappa shape index (κ3) is 1.13. The molecule has 1 nitrogen and oxygen atoms in total. The van der Waals surface area contributed by atoms with Crippen LogP contribution in [-0.4, -0.2) is 4.98 Å². The Morgan fingerprint density at radius 1 is 1.07 bits per heavy atom. The molecule has 0 amide bonds. The van der Waals surface area contributed by atoms with Crippen LogP contribution in [0.4, 0.5) is 0 Å². The van der Waals surface area contributed by atoms with Crippen molar-refractivity contribution in [1.82, 2.24) is 4.98 Å². The molecule has 3 rings (SSSR count). The summed E-state index contributed by atoms with van der Waals surface area (Å²) >= 11 is 0. The number of rotatable bonds is 0. The van der Waals surface area contributed by atoms with Crippen molar-refractivity contribution >= 4 is 0 Å². The molecular weight excluding hydrogens is 182 g/mol. The first kappa shape index (κ1) is 8.66. The summed E-state index contributed by atoms with van der Waals surface area (Å²) in [4.78, 5) is 4.19. The normalized spacial score (nSPS) is 12.4. The molecule has 0 saturated heterocycles. The Hall–Kier alpha value is -1.63. The minimum absolute atomic E-state index is 1.05. The third-order valence-corrected chi connectivity index (χ3v) is 3.43. The molecule has 1 aromatic heterocycles. The van der Waals surface area contributed by atoms with Crippen LogP contribution in [-0.2, 0) is 6.42 Å². The van der Waals surface area contributed by atoms with Gasteiger partial charge >= 0.3 is 0 Å². The van der Waals surface area contributed by atoms with Crippen molar-refractivity contribution in [2.24, 2.45) is 0 Å². The Morgan fingerprint density at radius 3 is 2.80 bits per heavy atom. The van der Waals surface area contributed by atoms with Gasteiger partial charge in [-0.3, -0.25) is 4.98 Å². The largest absolute Gasteiger partial charge is 0.264 e. The Bertz CT molecular complexity index is 541. The zero-order valence-corrected chi connectivity index (χ0v) is 9.04. The number of aromatic nitrogens is 1. The van der Waals surface area contributed by atoms with Crippen molar-refractivity contribution in [2.45, 2.75) is 20.3 Å². The molecule has 0 fully saturated rings. The highest BCUT2D eigenvalue weighted by Gasteiger charge is 2.19. The molecule has 1 heterocycles. The maximum atomic E-state index is 4.19. The summed E-state index contributed by atoms with van der Waals surface area (Å²) in [6.45, 7) is 4.39. The molecule has 2 aromatic rings.